The quantitative estimate of drug-likeness (QED) is 0.814. The van der Waals surface area contributed by atoms with Gasteiger partial charge in [-0.1, -0.05) is 25.3 Å². The Morgan fingerprint density at radius 2 is 2.26 bits per heavy atom. The van der Waals surface area contributed by atoms with Crippen molar-refractivity contribution in [1.29, 1.82) is 0 Å². The summed E-state index contributed by atoms with van der Waals surface area (Å²) < 4.78 is 0. The van der Waals surface area contributed by atoms with Crippen LogP contribution in [-0.4, -0.2) is 18.5 Å². The van der Waals surface area contributed by atoms with E-state index in [1.807, 2.05) is 23.6 Å². The fourth-order valence-electron chi connectivity index (χ4n) is 2.68. The smallest absolute Gasteiger partial charge is 0.244 e. The number of nitrogens with two attached hydrogens (primary N) is 1. The van der Waals surface area contributed by atoms with E-state index in [1.54, 1.807) is 17.4 Å². The summed E-state index contributed by atoms with van der Waals surface area (Å²) in [6.45, 7) is 0.531. The third kappa shape index (κ3) is 4.48. The average molecular weight is 278 g/mol. The monoisotopic (exact) mass is 278 g/mol. The van der Waals surface area contributed by atoms with Crippen LogP contribution in [0.25, 0.3) is 6.08 Å². The molecule has 1 amide bonds. The van der Waals surface area contributed by atoms with Gasteiger partial charge in [0.1, 0.15) is 0 Å². The van der Waals surface area contributed by atoms with Crippen LogP contribution in [0.4, 0.5) is 0 Å². The molecule has 0 radical (unpaired) electrons. The van der Waals surface area contributed by atoms with E-state index in [0.29, 0.717) is 12.5 Å². The van der Waals surface area contributed by atoms with Gasteiger partial charge in [-0.15, -0.1) is 11.3 Å². The highest BCUT2D eigenvalue weighted by Crippen LogP contribution is 2.26. The molecule has 1 aliphatic carbocycles. The van der Waals surface area contributed by atoms with Crippen LogP contribution in [0, 0.1) is 5.92 Å². The maximum atomic E-state index is 11.9. The average Bonchev–Trinajstić information content (AvgIpc) is 2.97. The Balaban J connectivity index is 1.85. The van der Waals surface area contributed by atoms with Gasteiger partial charge >= 0.3 is 0 Å². The summed E-state index contributed by atoms with van der Waals surface area (Å²) in [5.74, 6) is 0.521. The van der Waals surface area contributed by atoms with Gasteiger partial charge in [-0.2, -0.15) is 0 Å². The van der Waals surface area contributed by atoms with Crippen molar-refractivity contribution in [1.82, 2.24) is 5.32 Å². The zero-order chi connectivity index (χ0) is 13.5. The number of nitrogens with one attached hydrogen (secondary N) is 1. The molecule has 19 heavy (non-hydrogen) atoms. The molecule has 1 unspecified atom stereocenters. The Bertz CT molecular complexity index is 408. The topological polar surface area (TPSA) is 55.1 Å². The standard InChI is InChI=1S/C15H22N2OS/c16-11-14(12-5-2-1-3-6-12)17-15(18)9-8-13-7-4-10-19-13/h4,7-10,12,14H,1-3,5-6,11,16H2,(H,17,18)/b9-8+. The Morgan fingerprint density at radius 1 is 1.47 bits per heavy atom. The van der Waals surface area contributed by atoms with Crippen LogP contribution in [0.5, 0.6) is 0 Å². The molecule has 0 aliphatic heterocycles. The minimum Gasteiger partial charge on any atom is -0.348 e. The van der Waals surface area contributed by atoms with Gasteiger partial charge in [0.2, 0.25) is 5.91 Å². The molecular formula is C15H22N2OS. The maximum absolute atomic E-state index is 11.9. The van der Waals surface area contributed by atoms with Crippen molar-refractivity contribution in [3.05, 3.63) is 28.5 Å². The number of carbonyl (C=O) groups is 1. The van der Waals surface area contributed by atoms with E-state index in [2.05, 4.69) is 5.32 Å². The zero-order valence-electron chi connectivity index (χ0n) is 11.2. The Morgan fingerprint density at radius 3 is 2.89 bits per heavy atom. The Labute approximate surface area is 118 Å². The van der Waals surface area contributed by atoms with Crippen LogP contribution in [-0.2, 0) is 4.79 Å². The van der Waals surface area contributed by atoms with E-state index < -0.39 is 0 Å². The maximum Gasteiger partial charge on any atom is 0.244 e. The predicted octanol–water partition coefficient (Wildman–Crippen LogP) is 2.79. The number of thiophene rings is 1. The van der Waals surface area contributed by atoms with E-state index >= 15 is 0 Å². The fraction of sp³-hybridized carbons (Fsp3) is 0.533. The molecule has 1 atom stereocenters. The van der Waals surface area contributed by atoms with Crippen LogP contribution in [0.15, 0.2) is 23.6 Å². The minimum atomic E-state index is -0.0329. The van der Waals surface area contributed by atoms with E-state index in [9.17, 15) is 4.79 Å². The molecule has 3 N–H and O–H groups in total. The number of amides is 1. The van der Waals surface area contributed by atoms with Crippen LogP contribution in [0.3, 0.4) is 0 Å². The molecule has 0 aromatic carbocycles. The highest BCUT2D eigenvalue weighted by Gasteiger charge is 2.23. The first kappa shape index (κ1) is 14.3. The summed E-state index contributed by atoms with van der Waals surface area (Å²) in [6.07, 6.45) is 9.70. The number of hydrogen-bond donors (Lipinski definition) is 2. The lowest BCUT2D eigenvalue weighted by molar-refractivity contribution is -0.117. The zero-order valence-corrected chi connectivity index (χ0v) is 12.0. The second-order valence-electron chi connectivity index (χ2n) is 5.10. The first-order chi connectivity index (χ1) is 9.29. The molecule has 1 saturated carbocycles. The van der Waals surface area contributed by atoms with E-state index in [4.69, 9.17) is 5.73 Å². The van der Waals surface area contributed by atoms with Gasteiger partial charge in [0.15, 0.2) is 0 Å². The van der Waals surface area contributed by atoms with Crippen LogP contribution in [0.1, 0.15) is 37.0 Å². The van der Waals surface area contributed by atoms with E-state index in [1.165, 1.54) is 32.1 Å². The molecule has 1 aliphatic rings. The van der Waals surface area contributed by atoms with Gasteiger partial charge in [-0.05, 0) is 36.3 Å². The van der Waals surface area contributed by atoms with Gasteiger partial charge in [0.05, 0.1) is 0 Å². The number of hydrogen-bond acceptors (Lipinski definition) is 3. The normalized spacial score (nSPS) is 18.6. The van der Waals surface area contributed by atoms with Crippen molar-refractivity contribution in [2.45, 2.75) is 38.1 Å². The minimum absolute atomic E-state index is 0.0329. The molecule has 1 aromatic rings. The van der Waals surface area contributed by atoms with E-state index in [0.717, 1.165) is 4.88 Å². The molecular weight excluding hydrogens is 256 g/mol. The highest BCUT2D eigenvalue weighted by atomic mass is 32.1. The molecule has 0 saturated heterocycles. The Hall–Kier alpha value is -1.13. The lowest BCUT2D eigenvalue weighted by atomic mass is 9.84. The summed E-state index contributed by atoms with van der Waals surface area (Å²) in [5, 5.41) is 5.05. The second kappa shape index (κ2) is 7.46. The van der Waals surface area contributed by atoms with E-state index in [-0.39, 0.29) is 11.9 Å². The highest BCUT2D eigenvalue weighted by molar-refractivity contribution is 7.10. The number of rotatable bonds is 5. The third-order valence-corrected chi connectivity index (χ3v) is 4.58. The first-order valence-corrected chi connectivity index (χ1v) is 7.89. The van der Waals surface area contributed by atoms with Gasteiger partial charge in [0.25, 0.3) is 0 Å². The first-order valence-electron chi connectivity index (χ1n) is 7.01. The number of carbonyl (C=O) groups excluding carboxylic acids is 1. The van der Waals surface area contributed by atoms with Gasteiger partial charge in [-0.3, -0.25) is 4.79 Å². The van der Waals surface area contributed by atoms with Crippen LogP contribution >= 0.6 is 11.3 Å². The predicted molar refractivity (Wildman–Crippen MR) is 80.9 cm³/mol. The van der Waals surface area contributed by atoms with Gasteiger partial charge < -0.3 is 11.1 Å². The largest absolute Gasteiger partial charge is 0.348 e. The molecule has 1 fully saturated rings. The van der Waals surface area contributed by atoms with Crippen molar-refractivity contribution in [3.63, 3.8) is 0 Å². The van der Waals surface area contributed by atoms with Crippen molar-refractivity contribution in [2.75, 3.05) is 6.54 Å². The molecule has 0 bridgehead atoms. The summed E-state index contributed by atoms with van der Waals surface area (Å²) in [5.41, 5.74) is 5.81. The third-order valence-electron chi connectivity index (χ3n) is 3.74. The summed E-state index contributed by atoms with van der Waals surface area (Å²) in [7, 11) is 0. The summed E-state index contributed by atoms with van der Waals surface area (Å²) in [6, 6.07) is 4.10. The lowest BCUT2D eigenvalue weighted by Crippen LogP contribution is -2.45. The lowest BCUT2D eigenvalue weighted by Gasteiger charge is -2.29. The Kier molecular flexibility index (Phi) is 5.61. The second-order valence-corrected chi connectivity index (χ2v) is 6.08. The van der Waals surface area contributed by atoms with Crippen molar-refractivity contribution in [3.8, 4) is 0 Å². The molecule has 4 heteroatoms. The van der Waals surface area contributed by atoms with Crippen molar-refractivity contribution >= 4 is 23.3 Å². The molecule has 3 nitrogen and oxygen atoms in total. The van der Waals surface area contributed by atoms with Crippen molar-refractivity contribution < 1.29 is 4.79 Å². The summed E-state index contributed by atoms with van der Waals surface area (Å²) in [4.78, 5) is 13.0. The SMILES string of the molecule is NCC(NC(=O)/C=C/c1cccs1)C1CCCCC1. The van der Waals surface area contributed by atoms with Crippen LogP contribution < -0.4 is 11.1 Å². The molecule has 104 valence electrons. The molecule has 0 spiro atoms. The van der Waals surface area contributed by atoms with Gasteiger partial charge in [-0.25, -0.2) is 0 Å². The fourth-order valence-corrected chi connectivity index (χ4v) is 3.30. The molecule has 2 rings (SSSR count). The van der Waals surface area contributed by atoms with Crippen LogP contribution in [0.2, 0.25) is 0 Å². The van der Waals surface area contributed by atoms with Gasteiger partial charge in [0, 0.05) is 23.5 Å². The summed E-state index contributed by atoms with van der Waals surface area (Å²) >= 11 is 1.63. The molecule has 1 aromatic heterocycles. The molecule has 1 heterocycles. The van der Waals surface area contributed by atoms with Crippen molar-refractivity contribution in [2.24, 2.45) is 11.7 Å².